The van der Waals surface area contributed by atoms with Crippen LogP contribution in [0.2, 0.25) is 0 Å². The van der Waals surface area contributed by atoms with Gasteiger partial charge in [0.05, 0.1) is 22.4 Å². The molecule has 0 unspecified atom stereocenters. The van der Waals surface area contributed by atoms with Crippen molar-refractivity contribution in [1.82, 2.24) is 4.57 Å². The second kappa shape index (κ2) is 11.2. The van der Waals surface area contributed by atoms with Gasteiger partial charge in [-0.15, -0.1) is 11.3 Å². The Morgan fingerprint density at radius 3 is 1.88 bits per heavy atom. The van der Waals surface area contributed by atoms with E-state index in [1.807, 2.05) is 11.3 Å². The number of benzene rings is 8. The molecule has 0 aliphatic heterocycles. The maximum atomic E-state index is 2.49. The molecule has 3 heteroatoms. The van der Waals surface area contributed by atoms with Crippen molar-refractivity contribution in [2.45, 2.75) is 0 Å². The first kappa shape index (κ1) is 27.9. The van der Waals surface area contributed by atoms with Crippen LogP contribution in [0, 0.1) is 0 Å². The van der Waals surface area contributed by atoms with Gasteiger partial charge in [0.25, 0.3) is 0 Å². The summed E-state index contributed by atoms with van der Waals surface area (Å²) in [7, 11) is 0. The van der Waals surface area contributed by atoms with Gasteiger partial charge in [0, 0.05) is 58.7 Å². The predicted octanol–water partition coefficient (Wildman–Crippen LogP) is 13.4. The minimum atomic E-state index is 1.11. The number of anilines is 3. The van der Waals surface area contributed by atoms with E-state index in [1.54, 1.807) is 0 Å². The van der Waals surface area contributed by atoms with Gasteiger partial charge in [-0.25, -0.2) is 0 Å². The molecule has 0 amide bonds. The first-order valence-corrected chi connectivity index (χ1v) is 17.5. The third kappa shape index (κ3) is 4.40. The highest BCUT2D eigenvalue weighted by Crippen LogP contribution is 2.49. The number of nitrogens with zero attached hydrogens (tertiary/aromatic N) is 2. The standard InChI is InChI=1S/C46H30N2S/c1-3-15-31(16-4-1)34-19-9-12-24-41(34)48(44-30-40-38-22-11-14-26-45(38)49-46(40)39-23-8-7-21-36(39)44)33-27-28-37-35-20-10-13-25-42(35)47(43(37)29-33)32-17-5-2-6-18-32/h1-30H. The highest BCUT2D eigenvalue weighted by molar-refractivity contribution is 7.26. The molecule has 0 radical (unpaired) electrons. The molecule has 0 spiro atoms. The number of hydrogen-bond acceptors (Lipinski definition) is 2. The fourth-order valence-corrected chi connectivity index (χ4v) is 8.83. The van der Waals surface area contributed by atoms with Crippen LogP contribution in [0.25, 0.3) is 69.6 Å². The highest BCUT2D eigenvalue weighted by atomic mass is 32.1. The minimum Gasteiger partial charge on any atom is -0.309 e. The molecule has 2 heterocycles. The normalized spacial score (nSPS) is 11.7. The van der Waals surface area contributed by atoms with Gasteiger partial charge in [-0.2, -0.15) is 0 Å². The molecule has 0 saturated carbocycles. The molecule has 0 aliphatic rings. The number of aromatic nitrogens is 1. The summed E-state index contributed by atoms with van der Waals surface area (Å²) in [5.74, 6) is 0. The average molecular weight is 643 g/mol. The number of thiophene rings is 1. The van der Waals surface area contributed by atoms with Gasteiger partial charge in [0.15, 0.2) is 0 Å². The van der Waals surface area contributed by atoms with E-state index in [1.165, 1.54) is 63.9 Å². The van der Waals surface area contributed by atoms with Crippen molar-refractivity contribution >= 4 is 81.1 Å². The second-order valence-electron chi connectivity index (χ2n) is 12.5. The molecule has 2 nitrogen and oxygen atoms in total. The Hall–Kier alpha value is -6.16. The van der Waals surface area contributed by atoms with E-state index in [0.717, 1.165) is 22.7 Å². The number of rotatable bonds is 5. The van der Waals surface area contributed by atoms with Crippen LogP contribution in [0.15, 0.2) is 182 Å². The van der Waals surface area contributed by atoms with Crippen molar-refractivity contribution in [1.29, 1.82) is 0 Å². The monoisotopic (exact) mass is 642 g/mol. The fraction of sp³-hybridized carbons (Fsp3) is 0. The van der Waals surface area contributed by atoms with E-state index in [-0.39, 0.29) is 0 Å². The molecule has 0 bridgehead atoms. The Kier molecular flexibility index (Phi) is 6.39. The summed E-state index contributed by atoms with van der Waals surface area (Å²) in [4.78, 5) is 2.49. The summed E-state index contributed by atoms with van der Waals surface area (Å²) >= 11 is 1.89. The van der Waals surface area contributed by atoms with Crippen LogP contribution >= 0.6 is 11.3 Å². The molecule has 230 valence electrons. The lowest BCUT2D eigenvalue weighted by Gasteiger charge is -2.29. The van der Waals surface area contributed by atoms with Crippen LogP contribution in [0.4, 0.5) is 17.1 Å². The molecule has 0 saturated heterocycles. The Labute approximate surface area is 288 Å². The van der Waals surface area contributed by atoms with Gasteiger partial charge >= 0.3 is 0 Å². The third-order valence-corrected chi connectivity index (χ3v) is 11.0. The predicted molar refractivity (Wildman–Crippen MR) is 211 cm³/mol. The summed E-state index contributed by atoms with van der Waals surface area (Å²) < 4.78 is 5.05. The lowest BCUT2D eigenvalue weighted by Crippen LogP contribution is -2.12. The van der Waals surface area contributed by atoms with Crippen molar-refractivity contribution in [3.8, 4) is 16.8 Å². The summed E-state index contributed by atoms with van der Waals surface area (Å²) in [5.41, 5.74) is 9.32. The van der Waals surface area contributed by atoms with Crippen LogP contribution in [-0.2, 0) is 0 Å². The molecule has 0 fully saturated rings. The van der Waals surface area contributed by atoms with Gasteiger partial charge in [0.2, 0.25) is 0 Å². The summed E-state index contributed by atoms with van der Waals surface area (Å²) in [6, 6.07) is 66.2. The van der Waals surface area contributed by atoms with Gasteiger partial charge in [-0.3, -0.25) is 0 Å². The van der Waals surface area contributed by atoms with Gasteiger partial charge in [-0.1, -0.05) is 133 Å². The van der Waals surface area contributed by atoms with Crippen molar-refractivity contribution in [2.24, 2.45) is 0 Å². The van der Waals surface area contributed by atoms with E-state index >= 15 is 0 Å². The van der Waals surface area contributed by atoms with Gasteiger partial charge < -0.3 is 9.47 Å². The zero-order valence-electron chi connectivity index (χ0n) is 26.6. The third-order valence-electron chi connectivity index (χ3n) is 9.76. The Morgan fingerprint density at radius 1 is 0.408 bits per heavy atom. The molecule has 0 aliphatic carbocycles. The summed E-state index contributed by atoms with van der Waals surface area (Å²) in [6.45, 7) is 0. The summed E-state index contributed by atoms with van der Waals surface area (Å²) in [6.07, 6.45) is 0. The maximum Gasteiger partial charge on any atom is 0.0561 e. The fourth-order valence-electron chi connectivity index (χ4n) is 7.60. The van der Waals surface area contributed by atoms with E-state index in [0.29, 0.717) is 0 Å². The Balaban J connectivity index is 1.33. The largest absolute Gasteiger partial charge is 0.309 e. The smallest absolute Gasteiger partial charge is 0.0561 e. The van der Waals surface area contributed by atoms with E-state index in [4.69, 9.17) is 0 Å². The number of hydrogen-bond donors (Lipinski definition) is 0. The molecular weight excluding hydrogens is 613 g/mol. The SMILES string of the molecule is c1ccc(-c2ccccc2N(c2ccc3c4ccccc4n(-c4ccccc4)c3c2)c2cc3c4ccccc4sc3c3ccccc23)cc1. The van der Waals surface area contributed by atoms with Crippen molar-refractivity contribution < 1.29 is 0 Å². The second-order valence-corrected chi connectivity index (χ2v) is 13.6. The molecular formula is C46H30N2S. The van der Waals surface area contributed by atoms with Crippen molar-refractivity contribution in [2.75, 3.05) is 4.90 Å². The summed E-state index contributed by atoms with van der Waals surface area (Å²) in [5, 5.41) is 7.58. The molecule has 8 aromatic carbocycles. The molecule has 2 aromatic heterocycles. The topological polar surface area (TPSA) is 8.17 Å². The minimum absolute atomic E-state index is 1.11. The zero-order chi connectivity index (χ0) is 32.3. The van der Waals surface area contributed by atoms with E-state index < -0.39 is 0 Å². The maximum absolute atomic E-state index is 2.49. The van der Waals surface area contributed by atoms with Crippen LogP contribution in [-0.4, -0.2) is 4.57 Å². The van der Waals surface area contributed by atoms with Crippen LogP contribution in [0.3, 0.4) is 0 Å². The first-order valence-electron chi connectivity index (χ1n) is 16.7. The number of para-hydroxylation sites is 3. The van der Waals surface area contributed by atoms with Crippen molar-refractivity contribution in [3.63, 3.8) is 0 Å². The lowest BCUT2D eigenvalue weighted by atomic mass is 9.99. The Bertz CT molecular complexity index is 2830. The van der Waals surface area contributed by atoms with Crippen LogP contribution in [0.5, 0.6) is 0 Å². The number of fused-ring (bicyclic) bond motifs is 8. The molecule has 49 heavy (non-hydrogen) atoms. The van der Waals surface area contributed by atoms with Gasteiger partial charge in [-0.05, 0) is 54.1 Å². The highest BCUT2D eigenvalue weighted by Gasteiger charge is 2.23. The Morgan fingerprint density at radius 2 is 1.04 bits per heavy atom. The quantitative estimate of drug-likeness (QED) is 0.181. The average Bonchev–Trinajstić information content (AvgIpc) is 3.72. The van der Waals surface area contributed by atoms with E-state index in [2.05, 4.69) is 191 Å². The zero-order valence-corrected chi connectivity index (χ0v) is 27.4. The van der Waals surface area contributed by atoms with E-state index in [9.17, 15) is 0 Å². The van der Waals surface area contributed by atoms with Crippen LogP contribution in [0.1, 0.15) is 0 Å². The molecule has 10 aromatic rings. The van der Waals surface area contributed by atoms with Gasteiger partial charge in [0.1, 0.15) is 0 Å². The molecule has 0 atom stereocenters. The first-order chi connectivity index (χ1) is 24.3. The lowest BCUT2D eigenvalue weighted by molar-refractivity contribution is 1.18. The molecule has 0 N–H and O–H groups in total. The van der Waals surface area contributed by atoms with Crippen LogP contribution < -0.4 is 4.90 Å². The molecule has 10 rings (SSSR count). The van der Waals surface area contributed by atoms with Crippen molar-refractivity contribution in [3.05, 3.63) is 182 Å².